The summed E-state index contributed by atoms with van der Waals surface area (Å²) in [5.74, 6) is 0. The molecule has 0 fully saturated rings. The highest BCUT2D eigenvalue weighted by Gasteiger charge is 2.20. The normalized spacial score (nSPS) is 11.9. The highest BCUT2D eigenvalue weighted by atomic mass is 127. The topological polar surface area (TPSA) is 49.9 Å². The molecule has 0 unspecified atom stereocenters. The predicted octanol–water partition coefficient (Wildman–Crippen LogP) is 4.26. The Labute approximate surface area is 135 Å². The quantitative estimate of drug-likeness (QED) is 0.634. The molecular formula is C14H9ClINO2S. The van der Waals surface area contributed by atoms with Gasteiger partial charge < -0.3 is 4.98 Å². The Hall–Kier alpha value is -1.05. The van der Waals surface area contributed by atoms with Gasteiger partial charge in [0.15, 0.2) is 0 Å². The SMILES string of the molecule is O=S(=O)(c1ccccc1)c1cc2c(I)c(Cl)ccc2[nH]1. The molecule has 0 saturated carbocycles. The van der Waals surface area contributed by atoms with Crippen LogP contribution in [0.1, 0.15) is 0 Å². The minimum atomic E-state index is -3.53. The molecule has 0 bridgehead atoms. The number of halogens is 2. The monoisotopic (exact) mass is 417 g/mol. The van der Waals surface area contributed by atoms with Crippen LogP contribution in [0, 0.1) is 3.57 Å². The van der Waals surface area contributed by atoms with Crippen molar-refractivity contribution in [2.75, 3.05) is 0 Å². The van der Waals surface area contributed by atoms with Crippen molar-refractivity contribution >= 4 is 54.9 Å². The first-order chi connectivity index (χ1) is 9.50. The van der Waals surface area contributed by atoms with Crippen LogP contribution in [0.4, 0.5) is 0 Å². The largest absolute Gasteiger partial charge is 0.345 e. The van der Waals surface area contributed by atoms with Gasteiger partial charge in [-0.15, -0.1) is 0 Å². The Morgan fingerprint density at radius 2 is 1.75 bits per heavy atom. The van der Waals surface area contributed by atoms with Gasteiger partial charge in [0.2, 0.25) is 9.84 Å². The fraction of sp³-hybridized carbons (Fsp3) is 0. The van der Waals surface area contributed by atoms with E-state index >= 15 is 0 Å². The van der Waals surface area contributed by atoms with Crippen LogP contribution < -0.4 is 0 Å². The molecule has 20 heavy (non-hydrogen) atoms. The van der Waals surface area contributed by atoms with Gasteiger partial charge in [0, 0.05) is 14.5 Å². The molecule has 3 aromatic rings. The molecule has 102 valence electrons. The van der Waals surface area contributed by atoms with Gasteiger partial charge in [0.05, 0.1) is 9.92 Å². The van der Waals surface area contributed by atoms with Gasteiger partial charge in [-0.25, -0.2) is 8.42 Å². The smallest absolute Gasteiger partial charge is 0.221 e. The number of aromatic nitrogens is 1. The van der Waals surface area contributed by atoms with E-state index in [1.165, 1.54) is 0 Å². The summed E-state index contributed by atoms with van der Waals surface area (Å²) < 4.78 is 25.9. The van der Waals surface area contributed by atoms with Crippen LogP contribution in [-0.2, 0) is 9.84 Å². The van der Waals surface area contributed by atoms with Crippen molar-refractivity contribution in [1.29, 1.82) is 0 Å². The molecule has 0 atom stereocenters. The molecule has 0 aliphatic carbocycles. The number of sulfone groups is 1. The number of nitrogens with one attached hydrogen (secondary N) is 1. The van der Waals surface area contributed by atoms with Crippen molar-refractivity contribution in [3.8, 4) is 0 Å². The van der Waals surface area contributed by atoms with Crippen LogP contribution in [0.3, 0.4) is 0 Å². The fourth-order valence-corrected chi connectivity index (χ4v) is 4.07. The first-order valence-electron chi connectivity index (χ1n) is 5.77. The second-order valence-electron chi connectivity index (χ2n) is 4.27. The third-order valence-electron chi connectivity index (χ3n) is 3.01. The molecule has 0 radical (unpaired) electrons. The molecule has 0 aliphatic heterocycles. The van der Waals surface area contributed by atoms with Gasteiger partial charge in [0.25, 0.3) is 0 Å². The van der Waals surface area contributed by atoms with Crippen molar-refractivity contribution in [2.45, 2.75) is 9.92 Å². The van der Waals surface area contributed by atoms with Crippen molar-refractivity contribution in [1.82, 2.24) is 4.98 Å². The first-order valence-corrected chi connectivity index (χ1v) is 8.71. The maximum atomic E-state index is 12.5. The van der Waals surface area contributed by atoms with Gasteiger partial charge in [-0.05, 0) is 52.9 Å². The van der Waals surface area contributed by atoms with E-state index in [0.717, 1.165) is 14.5 Å². The zero-order valence-electron chi connectivity index (χ0n) is 10.1. The number of benzene rings is 2. The summed E-state index contributed by atoms with van der Waals surface area (Å²) >= 11 is 8.17. The van der Waals surface area contributed by atoms with Crippen LogP contribution in [0.25, 0.3) is 10.9 Å². The molecule has 3 nitrogen and oxygen atoms in total. The third kappa shape index (κ3) is 2.23. The molecule has 3 rings (SSSR count). The average molecular weight is 418 g/mol. The van der Waals surface area contributed by atoms with E-state index in [0.29, 0.717) is 5.02 Å². The van der Waals surface area contributed by atoms with E-state index in [2.05, 4.69) is 27.6 Å². The van der Waals surface area contributed by atoms with E-state index < -0.39 is 9.84 Å². The summed E-state index contributed by atoms with van der Waals surface area (Å²) in [6.07, 6.45) is 0. The zero-order valence-corrected chi connectivity index (χ0v) is 13.8. The van der Waals surface area contributed by atoms with Gasteiger partial charge in [-0.3, -0.25) is 0 Å². The van der Waals surface area contributed by atoms with E-state index in [9.17, 15) is 8.42 Å². The number of fused-ring (bicyclic) bond motifs is 1. The van der Waals surface area contributed by atoms with Crippen molar-refractivity contribution in [3.05, 3.63) is 57.1 Å². The first kappa shape index (κ1) is 13.9. The van der Waals surface area contributed by atoms with Crippen molar-refractivity contribution < 1.29 is 8.42 Å². The molecule has 0 saturated heterocycles. The molecule has 0 amide bonds. The van der Waals surface area contributed by atoms with Crippen molar-refractivity contribution in [3.63, 3.8) is 0 Å². The lowest BCUT2D eigenvalue weighted by Gasteiger charge is -2.00. The maximum Gasteiger partial charge on any atom is 0.221 e. The number of aromatic amines is 1. The Morgan fingerprint density at radius 3 is 2.45 bits per heavy atom. The summed E-state index contributed by atoms with van der Waals surface area (Å²) in [7, 11) is -3.53. The minimum Gasteiger partial charge on any atom is -0.345 e. The molecule has 1 N–H and O–H groups in total. The Morgan fingerprint density at radius 1 is 1.05 bits per heavy atom. The van der Waals surface area contributed by atoms with Gasteiger partial charge in [0.1, 0.15) is 5.03 Å². The lowest BCUT2D eigenvalue weighted by Crippen LogP contribution is -2.01. The average Bonchev–Trinajstić information content (AvgIpc) is 2.90. The van der Waals surface area contributed by atoms with Crippen molar-refractivity contribution in [2.24, 2.45) is 0 Å². The Bertz CT molecular complexity index is 888. The fourth-order valence-electron chi connectivity index (χ4n) is 1.99. The summed E-state index contributed by atoms with van der Waals surface area (Å²) in [6, 6.07) is 13.5. The Balaban J connectivity index is 2.23. The van der Waals surface area contributed by atoms with Gasteiger partial charge in [-0.2, -0.15) is 0 Å². The number of H-pyrrole nitrogens is 1. The molecule has 0 aliphatic rings. The third-order valence-corrected chi connectivity index (χ3v) is 6.50. The van der Waals surface area contributed by atoms with Gasteiger partial charge >= 0.3 is 0 Å². The second-order valence-corrected chi connectivity index (χ2v) is 7.68. The highest BCUT2D eigenvalue weighted by Crippen LogP contribution is 2.31. The van der Waals surface area contributed by atoms with E-state index in [1.807, 2.05) is 0 Å². The summed E-state index contributed by atoms with van der Waals surface area (Å²) in [5.41, 5.74) is 0.758. The lowest BCUT2D eigenvalue weighted by molar-refractivity contribution is 0.593. The lowest BCUT2D eigenvalue weighted by atomic mass is 10.2. The minimum absolute atomic E-state index is 0.180. The number of hydrogen-bond donors (Lipinski definition) is 1. The molecule has 0 spiro atoms. The summed E-state index contributed by atoms with van der Waals surface area (Å²) in [6.45, 7) is 0. The van der Waals surface area contributed by atoms with E-state index in [4.69, 9.17) is 11.6 Å². The van der Waals surface area contributed by atoms with E-state index in [-0.39, 0.29) is 9.92 Å². The Kier molecular flexibility index (Phi) is 3.51. The summed E-state index contributed by atoms with van der Waals surface area (Å²) in [4.78, 5) is 3.22. The maximum absolute atomic E-state index is 12.5. The van der Waals surface area contributed by atoms with Crippen LogP contribution in [0.15, 0.2) is 58.5 Å². The second kappa shape index (κ2) is 5.05. The summed E-state index contributed by atoms with van der Waals surface area (Å²) in [5, 5.41) is 1.60. The highest BCUT2D eigenvalue weighted by molar-refractivity contribution is 14.1. The molecule has 2 aromatic carbocycles. The number of hydrogen-bond acceptors (Lipinski definition) is 2. The predicted molar refractivity (Wildman–Crippen MR) is 87.9 cm³/mol. The van der Waals surface area contributed by atoms with Crippen LogP contribution in [0.2, 0.25) is 5.02 Å². The zero-order chi connectivity index (χ0) is 14.3. The van der Waals surface area contributed by atoms with Crippen LogP contribution in [0.5, 0.6) is 0 Å². The number of rotatable bonds is 2. The standard InChI is InChI=1S/C14H9ClINO2S/c15-11-6-7-12-10(14(11)16)8-13(17-12)20(18,19)9-4-2-1-3-5-9/h1-8,17H. The van der Waals surface area contributed by atoms with E-state index in [1.54, 1.807) is 48.5 Å². The van der Waals surface area contributed by atoms with Crippen LogP contribution in [-0.4, -0.2) is 13.4 Å². The molecular weight excluding hydrogens is 409 g/mol. The van der Waals surface area contributed by atoms with Gasteiger partial charge in [-0.1, -0.05) is 29.8 Å². The van der Waals surface area contributed by atoms with Crippen LogP contribution >= 0.6 is 34.2 Å². The molecule has 6 heteroatoms. The molecule has 1 heterocycles. The molecule has 1 aromatic heterocycles.